The second-order valence-electron chi connectivity index (χ2n) is 2.33. The third-order valence-electron chi connectivity index (χ3n) is 1.34. The van der Waals surface area contributed by atoms with Crippen LogP contribution in [0.5, 0.6) is 0 Å². The van der Waals surface area contributed by atoms with Gasteiger partial charge in [0.1, 0.15) is 0 Å². The Bertz CT molecular complexity index is 295. The molecule has 0 aliphatic rings. The van der Waals surface area contributed by atoms with Gasteiger partial charge in [0.25, 0.3) is 0 Å². The molecule has 1 aromatic rings. The van der Waals surface area contributed by atoms with Crippen molar-refractivity contribution >= 4 is 27.3 Å². The van der Waals surface area contributed by atoms with Crippen LogP contribution in [0.3, 0.4) is 0 Å². The van der Waals surface area contributed by atoms with Gasteiger partial charge in [0.05, 0.1) is 0 Å². The molecule has 0 saturated heterocycles. The fourth-order valence-corrected chi connectivity index (χ4v) is 2.04. The van der Waals surface area contributed by atoms with Crippen molar-refractivity contribution < 1.29 is 0 Å². The normalized spacial score (nSPS) is 9.17. The third-order valence-corrected chi connectivity index (χ3v) is 3.05. The van der Waals surface area contributed by atoms with Crippen LogP contribution in [0.1, 0.15) is 18.4 Å². The molecule has 1 heterocycles. The Kier molecular flexibility index (Phi) is 4.37. The van der Waals surface area contributed by atoms with Gasteiger partial charge >= 0.3 is 0 Å². The molecular weight excluding hydrogens is 234 g/mol. The highest BCUT2D eigenvalue weighted by Gasteiger charge is 1.94. The van der Waals surface area contributed by atoms with Crippen LogP contribution in [0.4, 0.5) is 0 Å². The van der Waals surface area contributed by atoms with Crippen molar-refractivity contribution in [1.29, 1.82) is 0 Å². The highest BCUT2D eigenvalue weighted by molar-refractivity contribution is 9.10. The van der Waals surface area contributed by atoms with Crippen molar-refractivity contribution in [3.63, 3.8) is 0 Å². The van der Waals surface area contributed by atoms with Gasteiger partial charge < -0.3 is 5.73 Å². The SMILES string of the molecule is NCCCC#Cc1cscc1Br. The van der Waals surface area contributed by atoms with Gasteiger partial charge in [-0.1, -0.05) is 11.8 Å². The number of unbranched alkanes of at least 4 members (excludes halogenated alkanes) is 1. The van der Waals surface area contributed by atoms with Crippen molar-refractivity contribution in [2.75, 3.05) is 6.54 Å². The van der Waals surface area contributed by atoms with Gasteiger partial charge in [0.15, 0.2) is 0 Å². The predicted molar refractivity (Wildman–Crippen MR) is 57.2 cm³/mol. The molecular formula is C9H10BrNS. The van der Waals surface area contributed by atoms with Crippen LogP contribution in [0.15, 0.2) is 15.2 Å². The Labute approximate surface area is 85.1 Å². The maximum absolute atomic E-state index is 5.34. The molecule has 12 heavy (non-hydrogen) atoms. The van der Waals surface area contributed by atoms with E-state index in [1.807, 2.05) is 10.8 Å². The largest absolute Gasteiger partial charge is 0.330 e. The summed E-state index contributed by atoms with van der Waals surface area (Å²) in [5.41, 5.74) is 6.42. The zero-order valence-electron chi connectivity index (χ0n) is 6.64. The van der Waals surface area contributed by atoms with E-state index in [2.05, 4.69) is 27.8 Å². The van der Waals surface area contributed by atoms with E-state index in [0.717, 1.165) is 29.4 Å². The highest BCUT2D eigenvalue weighted by atomic mass is 79.9. The molecule has 0 aromatic carbocycles. The first kappa shape index (κ1) is 9.79. The molecule has 1 aromatic heterocycles. The summed E-state index contributed by atoms with van der Waals surface area (Å²) in [6.07, 6.45) is 1.87. The van der Waals surface area contributed by atoms with E-state index in [1.165, 1.54) is 0 Å². The molecule has 0 amide bonds. The quantitative estimate of drug-likeness (QED) is 0.628. The first-order chi connectivity index (χ1) is 5.84. The van der Waals surface area contributed by atoms with Crippen molar-refractivity contribution in [2.24, 2.45) is 5.73 Å². The van der Waals surface area contributed by atoms with E-state index in [9.17, 15) is 0 Å². The zero-order chi connectivity index (χ0) is 8.81. The Morgan fingerprint density at radius 1 is 1.50 bits per heavy atom. The minimum absolute atomic E-state index is 0.722. The van der Waals surface area contributed by atoms with Crippen LogP contribution >= 0.6 is 27.3 Å². The van der Waals surface area contributed by atoms with E-state index in [4.69, 9.17) is 5.73 Å². The summed E-state index contributed by atoms with van der Waals surface area (Å²) >= 11 is 5.07. The molecule has 64 valence electrons. The molecule has 0 atom stereocenters. The van der Waals surface area contributed by atoms with Crippen LogP contribution in [-0.4, -0.2) is 6.54 Å². The van der Waals surface area contributed by atoms with Gasteiger partial charge in [-0.05, 0) is 28.9 Å². The van der Waals surface area contributed by atoms with Gasteiger partial charge in [-0.25, -0.2) is 0 Å². The fraction of sp³-hybridized carbons (Fsp3) is 0.333. The Morgan fingerprint density at radius 2 is 2.33 bits per heavy atom. The van der Waals surface area contributed by atoms with Crippen molar-refractivity contribution in [3.8, 4) is 11.8 Å². The standard InChI is InChI=1S/C9H10BrNS/c10-9-7-12-6-8(9)4-2-1-3-5-11/h6-7H,1,3,5,11H2. The smallest absolute Gasteiger partial charge is 0.0494 e. The van der Waals surface area contributed by atoms with Gasteiger partial charge in [-0.3, -0.25) is 0 Å². The lowest BCUT2D eigenvalue weighted by Crippen LogP contribution is -1.96. The van der Waals surface area contributed by atoms with E-state index < -0.39 is 0 Å². The first-order valence-electron chi connectivity index (χ1n) is 3.75. The zero-order valence-corrected chi connectivity index (χ0v) is 9.04. The van der Waals surface area contributed by atoms with Crippen LogP contribution in [0.2, 0.25) is 0 Å². The minimum atomic E-state index is 0.722. The topological polar surface area (TPSA) is 26.0 Å². The lowest BCUT2D eigenvalue weighted by atomic mass is 10.3. The number of hydrogen-bond donors (Lipinski definition) is 1. The number of thiophene rings is 1. The Balaban J connectivity index is 2.49. The van der Waals surface area contributed by atoms with Crippen LogP contribution in [0, 0.1) is 11.8 Å². The van der Waals surface area contributed by atoms with Crippen molar-refractivity contribution in [2.45, 2.75) is 12.8 Å². The Hall–Kier alpha value is -0.300. The summed E-state index contributed by atoms with van der Waals surface area (Å²) in [5.74, 6) is 6.16. The molecule has 0 unspecified atom stereocenters. The monoisotopic (exact) mass is 243 g/mol. The van der Waals surface area contributed by atoms with Crippen LogP contribution in [0.25, 0.3) is 0 Å². The van der Waals surface area contributed by atoms with Gasteiger partial charge in [-0.15, -0.1) is 11.3 Å². The molecule has 0 aliphatic heterocycles. The molecule has 0 saturated carbocycles. The minimum Gasteiger partial charge on any atom is -0.330 e. The van der Waals surface area contributed by atoms with Gasteiger partial charge in [0.2, 0.25) is 0 Å². The summed E-state index contributed by atoms with van der Waals surface area (Å²) in [7, 11) is 0. The van der Waals surface area contributed by atoms with Gasteiger partial charge in [0, 0.05) is 27.2 Å². The number of rotatable bonds is 2. The molecule has 0 spiro atoms. The van der Waals surface area contributed by atoms with Crippen molar-refractivity contribution in [1.82, 2.24) is 0 Å². The summed E-state index contributed by atoms with van der Waals surface area (Å²) in [6, 6.07) is 0. The summed E-state index contributed by atoms with van der Waals surface area (Å²) in [4.78, 5) is 0. The van der Waals surface area contributed by atoms with Gasteiger partial charge in [-0.2, -0.15) is 0 Å². The number of hydrogen-bond acceptors (Lipinski definition) is 2. The van der Waals surface area contributed by atoms with E-state index in [-0.39, 0.29) is 0 Å². The average Bonchev–Trinajstić information content (AvgIpc) is 2.46. The average molecular weight is 244 g/mol. The predicted octanol–water partition coefficient (Wildman–Crippen LogP) is 2.60. The molecule has 1 rings (SSSR count). The lowest BCUT2D eigenvalue weighted by Gasteiger charge is -1.85. The van der Waals surface area contributed by atoms with Crippen LogP contribution < -0.4 is 5.73 Å². The molecule has 0 aliphatic carbocycles. The first-order valence-corrected chi connectivity index (χ1v) is 5.49. The summed E-state index contributed by atoms with van der Waals surface area (Å²) < 4.78 is 1.09. The molecule has 0 radical (unpaired) electrons. The van der Waals surface area contributed by atoms with E-state index >= 15 is 0 Å². The third kappa shape index (κ3) is 2.98. The fourth-order valence-electron chi connectivity index (χ4n) is 0.719. The second-order valence-corrected chi connectivity index (χ2v) is 3.93. The highest BCUT2D eigenvalue weighted by Crippen LogP contribution is 2.19. The second kappa shape index (κ2) is 5.36. The number of halogens is 1. The maximum Gasteiger partial charge on any atom is 0.0494 e. The van der Waals surface area contributed by atoms with Crippen molar-refractivity contribution in [3.05, 3.63) is 20.8 Å². The summed E-state index contributed by atoms with van der Waals surface area (Å²) in [6.45, 7) is 0.722. The molecule has 1 nitrogen and oxygen atoms in total. The van der Waals surface area contributed by atoms with E-state index in [1.54, 1.807) is 11.3 Å². The molecule has 2 N–H and O–H groups in total. The van der Waals surface area contributed by atoms with Crippen LogP contribution in [-0.2, 0) is 0 Å². The molecule has 3 heteroatoms. The number of nitrogens with two attached hydrogens (primary N) is 1. The summed E-state index contributed by atoms with van der Waals surface area (Å²) in [5, 5.41) is 4.08. The lowest BCUT2D eigenvalue weighted by molar-refractivity contribution is 0.870. The molecule has 0 fully saturated rings. The Morgan fingerprint density at radius 3 is 2.92 bits per heavy atom. The van der Waals surface area contributed by atoms with E-state index in [0.29, 0.717) is 0 Å². The molecule has 0 bridgehead atoms. The maximum atomic E-state index is 5.34.